The number of rotatable bonds is 14. The third kappa shape index (κ3) is 7.41. The molecule has 0 aliphatic rings. The molecule has 124 valence electrons. The molecule has 0 fully saturated rings. The van der Waals surface area contributed by atoms with Gasteiger partial charge < -0.3 is 14.2 Å². The van der Waals surface area contributed by atoms with E-state index in [9.17, 15) is 0 Å². The van der Waals surface area contributed by atoms with Crippen LogP contribution in [0.5, 0.6) is 0 Å². The molecule has 0 bridgehead atoms. The molecule has 0 saturated heterocycles. The first-order valence-electron chi connectivity index (χ1n) is 8.38. The quantitative estimate of drug-likeness (QED) is 0.388. The van der Waals surface area contributed by atoms with E-state index in [-0.39, 0.29) is 0 Å². The van der Waals surface area contributed by atoms with Gasteiger partial charge in [-0.3, -0.25) is 0 Å². The van der Waals surface area contributed by atoms with E-state index in [0.717, 1.165) is 13.1 Å². The fraction of sp³-hybridized carbons (Fsp3) is 1.00. The van der Waals surface area contributed by atoms with E-state index in [1.807, 2.05) is 14.2 Å². The minimum atomic E-state index is 0.378. The number of hydrogen-bond donors (Lipinski definition) is 1. The van der Waals surface area contributed by atoms with Crippen LogP contribution in [0.1, 0.15) is 66.2 Å². The third-order valence-corrected chi connectivity index (χ3v) is 8.09. The summed E-state index contributed by atoms with van der Waals surface area (Å²) in [6, 6.07) is 0. The maximum absolute atomic E-state index is 5.45. The Bertz CT molecular complexity index is 220. The van der Waals surface area contributed by atoms with Gasteiger partial charge in [-0.15, -0.1) is 0 Å². The molecule has 0 aromatic carbocycles. The van der Waals surface area contributed by atoms with Crippen molar-refractivity contribution in [3.05, 3.63) is 0 Å². The Balaban J connectivity index is 4.13. The molecule has 0 atom stereocenters. The zero-order chi connectivity index (χ0) is 16.2. The van der Waals surface area contributed by atoms with Crippen LogP contribution in [-0.2, 0) is 8.85 Å². The molecule has 0 rings (SSSR count). The van der Waals surface area contributed by atoms with Gasteiger partial charge in [-0.2, -0.15) is 0 Å². The largest absolute Gasteiger partial charge is 0.420 e. The van der Waals surface area contributed by atoms with Gasteiger partial charge in [0.05, 0.1) is 0 Å². The minimum absolute atomic E-state index is 0.378. The summed E-state index contributed by atoms with van der Waals surface area (Å²) < 4.78 is 10.9. The highest BCUT2D eigenvalue weighted by Gasteiger charge is 2.29. The van der Waals surface area contributed by atoms with Gasteiger partial charge >= 0.3 is 0 Å². The van der Waals surface area contributed by atoms with Crippen molar-refractivity contribution in [2.75, 3.05) is 27.3 Å². The topological polar surface area (TPSA) is 30.5 Å². The van der Waals surface area contributed by atoms with E-state index < -0.39 is 0 Å². The molecule has 0 heterocycles. The predicted molar refractivity (Wildman–Crippen MR) is 94.2 cm³/mol. The molecule has 0 aliphatic heterocycles. The van der Waals surface area contributed by atoms with E-state index in [1.54, 1.807) is 0 Å². The number of hydrogen-bond acceptors (Lipinski definition) is 3. The highest BCUT2D eigenvalue weighted by molar-refractivity contribution is 6.32. The maximum atomic E-state index is 5.45. The standard InChI is InChI=1S/C16H35NO2Si2/c1-7-15(8-2,20-18-5)11-13-17-14-12-16(9-3,10-4)21-19-6/h17H,7-14H2,1-6H3. The first-order valence-corrected chi connectivity index (χ1v) is 10.2. The van der Waals surface area contributed by atoms with Crippen molar-refractivity contribution >= 4 is 19.5 Å². The number of nitrogens with one attached hydrogen (secondary N) is 1. The van der Waals surface area contributed by atoms with Gasteiger partial charge in [0, 0.05) is 14.2 Å². The highest BCUT2D eigenvalue weighted by atomic mass is 28.2. The molecule has 0 aromatic heterocycles. The van der Waals surface area contributed by atoms with E-state index in [1.165, 1.54) is 38.5 Å². The first kappa shape index (κ1) is 21.3. The van der Waals surface area contributed by atoms with Gasteiger partial charge in [0.15, 0.2) is 0 Å². The van der Waals surface area contributed by atoms with E-state index >= 15 is 0 Å². The second kappa shape index (κ2) is 11.8. The summed E-state index contributed by atoms with van der Waals surface area (Å²) >= 11 is 0. The van der Waals surface area contributed by atoms with Crippen LogP contribution in [-0.4, -0.2) is 46.8 Å². The van der Waals surface area contributed by atoms with Crippen LogP contribution in [0.25, 0.3) is 0 Å². The molecule has 21 heavy (non-hydrogen) atoms. The molecule has 1 N–H and O–H groups in total. The molecule has 3 nitrogen and oxygen atoms in total. The zero-order valence-corrected chi connectivity index (χ0v) is 17.0. The second-order valence-corrected chi connectivity index (χ2v) is 9.18. The Labute approximate surface area is 137 Å². The van der Waals surface area contributed by atoms with Crippen LogP contribution in [0.4, 0.5) is 0 Å². The third-order valence-electron chi connectivity index (χ3n) is 4.90. The van der Waals surface area contributed by atoms with Crippen LogP contribution < -0.4 is 5.32 Å². The minimum Gasteiger partial charge on any atom is -0.420 e. The van der Waals surface area contributed by atoms with Gasteiger partial charge in [-0.25, -0.2) is 0 Å². The van der Waals surface area contributed by atoms with Crippen molar-refractivity contribution in [1.82, 2.24) is 5.32 Å². The fourth-order valence-electron chi connectivity index (χ4n) is 2.81. The second-order valence-electron chi connectivity index (χ2n) is 5.84. The Hall–Kier alpha value is 0.314. The summed E-state index contributed by atoms with van der Waals surface area (Å²) in [5.74, 6) is 0. The lowest BCUT2D eigenvalue weighted by molar-refractivity contribution is 0.350. The van der Waals surface area contributed by atoms with Gasteiger partial charge in [0.1, 0.15) is 0 Å². The van der Waals surface area contributed by atoms with Crippen molar-refractivity contribution in [1.29, 1.82) is 0 Å². The van der Waals surface area contributed by atoms with Crippen molar-refractivity contribution in [3.63, 3.8) is 0 Å². The van der Waals surface area contributed by atoms with Crippen LogP contribution in [0.15, 0.2) is 0 Å². The summed E-state index contributed by atoms with van der Waals surface area (Å²) in [4.78, 5) is 0. The van der Waals surface area contributed by atoms with Gasteiger partial charge in [-0.1, -0.05) is 53.4 Å². The average molecular weight is 330 g/mol. The predicted octanol–water partition coefficient (Wildman–Crippen LogP) is 3.84. The molecule has 0 aliphatic carbocycles. The lowest BCUT2D eigenvalue weighted by Crippen LogP contribution is -2.30. The monoisotopic (exact) mass is 329 g/mol. The molecule has 5 heteroatoms. The van der Waals surface area contributed by atoms with Crippen molar-refractivity contribution in [3.8, 4) is 0 Å². The van der Waals surface area contributed by atoms with Crippen LogP contribution in [0.3, 0.4) is 0 Å². The highest BCUT2D eigenvalue weighted by Crippen LogP contribution is 2.38. The molecule has 0 spiro atoms. The van der Waals surface area contributed by atoms with E-state index in [2.05, 4.69) is 33.0 Å². The first-order chi connectivity index (χ1) is 10.1. The smallest absolute Gasteiger partial charge is 0.236 e. The molecule has 4 radical (unpaired) electrons. The Morgan fingerprint density at radius 1 is 0.714 bits per heavy atom. The van der Waals surface area contributed by atoms with Gasteiger partial charge in [-0.05, 0) is 36.0 Å². The molecule has 0 amide bonds. The van der Waals surface area contributed by atoms with Gasteiger partial charge in [0.2, 0.25) is 19.5 Å². The summed E-state index contributed by atoms with van der Waals surface area (Å²) in [6.45, 7) is 11.3. The van der Waals surface area contributed by atoms with Crippen molar-refractivity contribution in [2.24, 2.45) is 0 Å². The molecule has 0 aromatic rings. The average Bonchev–Trinajstić information content (AvgIpc) is 2.52. The maximum Gasteiger partial charge on any atom is 0.236 e. The molecular weight excluding hydrogens is 294 g/mol. The Morgan fingerprint density at radius 2 is 1.05 bits per heavy atom. The van der Waals surface area contributed by atoms with E-state index in [0.29, 0.717) is 29.6 Å². The fourth-order valence-corrected chi connectivity index (χ4v) is 4.71. The van der Waals surface area contributed by atoms with Gasteiger partial charge in [0.25, 0.3) is 0 Å². The van der Waals surface area contributed by atoms with Crippen LogP contribution >= 0.6 is 0 Å². The lowest BCUT2D eigenvalue weighted by Gasteiger charge is -2.31. The Morgan fingerprint density at radius 3 is 1.29 bits per heavy atom. The zero-order valence-electron chi connectivity index (χ0n) is 15.0. The summed E-state index contributed by atoms with van der Waals surface area (Å²) in [5.41, 5.74) is 0. The normalized spacial score (nSPS) is 12.9. The van der Waals surface area contributed by atoms with Crippen molar-refractivity contribution < 1.29 is 8.85 Å². The SMILES string of the molecule is CCC(CC)(CCNCCC(CC)(CC)[Si]OC)[Si]OC. The van der Waals surface area contributed by atoms with Crippen molar-refractivity contribution in [2.45, 2.75) is 76.3 Å². The van der Waals surface area contributed by atoms with Crippen LogP contribution in [0.2, 0.25) is 10.1 Å². The summed E-state index contributed by atoms with van der Waals surface area (Å²) in [5, 5.41) is 4.40. The molecular formula is C16H35NO2Si2. The summed E-state index contributed by atoms with van der Waals surface area (Å²) in [6.07, 6.45) is 7.24. The Kier molecular flexibility index (Phi) is 12.0. The molecule has 0 saturated carbocycles. The molecule has 0 unspecified atom stereocenters. The summed E-state index contributed by atoms with van der Waals surface area (Å²) in [7, 11) is 4.89. The van der Waals surface area contributed by atoms with Crippen LogP contribution in [0, 0.1) is 0 Å². The van der Waals surface area contributed by atoms with E-state index in [4.69, 9.17) is 8.85 Å². The lowest BCUT2D eigenvalue weighted by atomic mass is 9.96.